The Kier molecular flexibility index (Phi) is 3.51. The summed E-state index contributed by atoms with van der Waals surface area (Å²) in [6.45, 7) is 7.01. The van der Waals surface area contributed by atoms with E-state index in [4.69, 9.17) is 0 Å². The molecule has 0 atom stereocenters. The van der Waals surface area contributed by atoms with Crippen molar-refractivity contribution in [1.29, 1.82) is 0 Å². The summed E-state index contributed by atoms with van der Waals surface area (Å²) >= 11 is 0. The minimum atomic E-state index is -1.28. The van der Waals surface area contributed by atoms with Gasteiger partial charge in [0.1, 0.15) is 0 Å². The fourth-order valence-corrected chi connectivity index (χ4v) is 3.49. The predicted molar refractivity (Wildman–Crippen MR) is 95.0 cm³/mol. The minimum absolute atomic E-state index is 1.01. The number of aromatic nitrogens is 1. The average molecular weight is 292 g/mol. The number of nitrogens with zero attached hydrogens (tertiary/aromatic N) is 1. The maximum atomic E-state index is 4.66. The van der Waals surface area contributed by atoms with Crippen molar-refractivity contribution in [3.05, 3.63) is 60.3 Å². The summed E-state index contributed by atoms with van der Waals surface area (Å²) in [7, 11) is -1.28. The Hall–Kier alpha value is -2.13. The summed E-state index contributed by atoms with van der Waals surface area (Å²) < 4.78 is 0. The number of nitrogens with one attached hydrogen (secondary N) is 1. The molecule has 0 spiro atoms. The third-order valence-electron chi connectivity index (χ3n) is 3.63. The molecule has 3 rings (SSSR count). The first kappa shape index (κ1) is 13.8. The molecule has 0 radical (unpaired) electrons. The van der Waals surface area contributed by atoms with Crippen molar-refractivity contribution in [3.8, 4) is 0 Å². The van der Waals surface area contributed by atoms with Crippen LogP contribution in [0.25, 0.3) is 10.8 Å². The zero-order valence-electron chi connectivity index (χ0n) is 12.7. The first-order valence-electron chi connectivity index (χ1n) is 7.25. The molecule has 0 saturated heterocycles. The Morgan fingerprint density at radius 1 is 0.905 bits per heavy atom. The molecule has 2 aromatic carbocycles. The van der Waals surface area contributed by atoms with Gasteiger partial charge in [0.05, 0.1) is 25.7 Å². The minimum Gasteiger partial charge on any atom is -0.362 e. The molecule has 0 aliphatic heterocycles. The lowest BCUT2D eigenvalue weighted by Crippen LogP contribution is -2.38. The first-order valence-corrected chi connectivity index (χ1v) is 10.8. The lowest BCUT2D eigenvalue weighted by Gasteiger charge is -2.12. The number of benzene rings is 2. The van der Waals surface area contributed by atoms with Crippen LogP contribution in [0.5, 0.6) is 0 Å². The number of hydrogen-bond acceptors (Lipinski definition) is 1. The van der Waals surface area contributed by atoms with Gasteiger partial charge in [-0.3, -0.25) is 4.99 Å². The van der Waals surface area contributed by atoms with Gasteiger partial charge in [-0.1, -0.05) is 56.0 Å². The van der Waals surface area contributed by atoms with Gasteiger partial charge in [-0.15, -0.1) is 0 Å². The highest BCUT2D eigenvalue weighted by Gasteiger charge is 2.17. The molecule has 0 unspecified atom stereocenters. The summed E-state index contributed by atoms with van der Waals surface area (Å²) in [5.74, 6) is 0. The second kappa shape index (κ2) is 5.33. The highest BCUT2D eigenvalue weighted by molar-refractivity contribution is 6.88. The van der Waals surface area contributed by atoms with Gasteiger partial charge in [0.25, 0.3) is 0 Å². The largest absolute Gasteiger partial charge is 0.362 e. The van der Waals surface area contributed by atoms with Crippen molar-refractivity contribution < 1.29 is 0 Å². The van der Waals surface area contributed by atoms with E-state index in [0.717, 1.165) is 11.4 Å². The number of aliphatic imine (C=N–C) groups is 1. The van der Waals surface area contributed by atoms with E-state index in [1.54, 1.807) is 0 Å². The van der Waals surface area contributed by atoms with Crippen LogP contribution in [-0.4, -0.2) is 19.3 Å². The van der Waals surface area contributed by atoms with E-state index < -0.39 is 8.07 Å². The van der Waals surface area contributed by atoms with Crippen LogP contribution in [-0.2, 0) is 0 Å². The third-order valence-corrected chi connectivity index (χ3v) is 5.53. The lowest BCUT2D eigenvalue weighted by atomic mass is 10.1. The van der Waals surface area contributed by atoms with Crippen molar-refractivity contribution in [2.75, 3.05) is 0 Å². The summed E-state index contributed by atoms with van der Waals surface area (Å²) in [6, 6.07) is 18.9. The Balaban J connectivity index is 1.93. The average Bonchev–Trinajstić information content (AvgIpc) is 2.94. The second-order valence-corrected chi connectivity index (χ2v) is 11.4. The van der Waals surface area contributed by atoms with E-state index in [1.807, 2.05) is 6.21 Å². The van der Waals surface area contributed by atoms with E-state index in [0.29, 0.717) is 0 Å². The number of fused-ring (bicyclic) bond motifs is 1. The molecule has 3 aromatic rings. The number of aromatic amines is 1. The summed E-state index contributed by atoms with van der Waals surface area (Å²) in [4.78, 5) is 8.14. The van der Waals surface area contributed by atoms with Gasteiger partial charge in [0, 0.05) is 5.39 Å². The van der Waals surface area contributed by atoms with E-state index in [-0.39, 0.29) is 0 Å². The number of rotatable bonds is 3. The quantitative estimate of drug-likeness (QED) is 0.545. The zero-order valence-corrected chi connectivity index (χ0v) is 13.7. The molecule has 0 aliphatic rings. The van der Waals surface area contributed by atoms with Crippen LogP contribution in [0.15, 0.2) is 59.6 Å². The molecule has 0 aliphatic carbocycles. The van der Waals surface area contributed by atoms with E-state index >= 15 is 0 Å². The van der Waals surface area contributed by atoms with Crippen molar-refractivity contribution >= 4 is 36.1 Å². The molecule has 1 aromatic heterocycles. The standard InChI is InChI=1S/C18H20N2Si/c1-21(2,3)18-12-11-15(20-18)13-19-17-10-6-8-14-7-4-5-9-16(14)17/h4-13,20H,1-3H3/b19-13+. The lowest BCUT2D eigenvalue weighted by molar-refractivity contribution is 1.40. The topological polar surface area (TPSA) is 28.1 Å². The number of hydrogen-bond donors (Lipinski definition) is 1. The Morgan fingerprint density at radius 2 is 1.67 bits per heavy atom. The first-order chi connectivity index (χ1) is 10.0. The fourth-order valence-electron chi connectivity index (χ4n) is 2.38. The van der Waals surface area contributed by atoms with Crippen LogP contribution in [0.2, 0.25) is 19.6 Å². The molecule has 1 N–H and O–H groups in total. The monoisotopic (exact) mass is 292 g/mol. The zero-order chi connectivity index (χ0) is 14.9. The molecule has 21 heavy (non-hydrogen) atoms. The summed E-state index contributed by atoms with van der Waals surface area (Å²) in [6.07, 6.45) is 1.92. The third kappa shape index (κ3) is 2.98. The van der Waals surface area contributed by atoms with Gasteiger partial charge in [0.15, 0.2) is 0 Å². The van der Waals surface area contributed by atoms with Gasteiger partial charge in [-0.25, -0.2) is 0 Å². The molecular weight excluding hydrogens is 272 g/mol. The second-order valence-electron chi connectivity index (χ2n) is 6.33. The smallest absolute Gasteiger partial charge is 0.0981 e. The van der Waals surface area contributed by atoms with Crippen molar-refractivity contribution in [2.24, 2.45) is 4.99 Å². The molecule has 2 nitrogen and oxygen atoms in total. The van der Waals surface area contributed by atoms with Gasteiger partial charge < -0.3 is 4.98 Å². The fraction of sp³-hybridized carbons (Fsp3) is 0.167. The summed E-state index contributed by atoms with van der Waals surface area (Å²) in [5, 5.41) is 3.77. The number of H-pyrrole nitrogens is 1. The van der Waals surface area contributed by atoms with Crippen LogP contribution < -0.4 is 5.32 Å². The van der Waals surface area contributed by atoms with Gasteiger partial charge in [-0.2, -0.15) is 0 Å². The highest BCUT2D eigenvalue weighted by atomic mass is 28.3. The molecule has 3 heteroatoms. The van der Waals surface area contributed by atoms with Gasteiger partial charge in [0.2, 0.25) is 0 Å². The van der Waals surface area contributed by atoms with Crippen LogP contribution >= 0.6 is 0 Å². The van der Waals surface area contributed by atoms with E-state index in [2.05, 4.69) is 84.2 Å². The van der Waals surface area contributed by atoms with E-state index in [9.17, 15) is 0 Å². The molecule has 0 saturated carbocycles. The predicted octanol–water partition coefficient (Wildman–Crippen LogP) is 4.46. The molecule has 0 fully saturated rings. The maximum absolute atomic E-state index is 4.66. The van der Waals surface area contributed by atoms with Crippen molar-refractivity contribution in [1.82, 2.24) is 4.98 Å². The molecule has 0 bridgehead atoms. The Bertz CT molecular complexity index is 789. The van der Waals surface area contributed by atoms with Crippen molar-refractivity contribution in [3.63, 3.8) is 0 Å². The maximum Gasteiger partial charge on any atom is 0.0981 e. The van der Waals surface area contributed by atoms with Crippen LogP contribution in [0.3, 0.4) is 0 Å². The van der Waals surface area contributed by atoms with Gasteiger partial charge >= 0.3 is 0 Å². The molecule has 0 amide bonds. The SMILES string of the molecule is C[Si](C)(C)c1ccc(/C=N/c2cccc3ccccc23)[nH]1. The highest BCUT2D eigenvalue weighted by Crippen LogP contribution is 2.25. The van der Waals surface area contributed by atoms with E-state index in [1.165, 1.54) is 16.1 Å². The van der Waals surface area contributed by atoms with Crippen LogP contribution in [0, 0.1) is 0 Å². The molecular formula is C18H20N2Si. The summed E-state index contributed by atoms with van der Waals surface area (Å²) in [5.41, 5.74) is 2.08. The Labute approximate surface area is 126 Å². The van der Waals surface area contributed by atoms with Gasteiger partial charge in [-0.05, 0) is 28.9 Å². The molecule has 1 heterocycles. The van der Waals surface area contributed by atoms with Crippen LogP contribution in [0.1, 0.15) is 5.69 Å². The van der Waals surface area contributed by atoms with Crippen LogP contribution in [0.4, 0.5) is 5.69 Å². The molecule has 106 valence electrons. The van der Waals surface area contributed by atoms with Crippen molar-refractivity contribution in [2.45, 2.75) is 19.6 Å². The Morgan fingerprint density at radius 3 is 2.43 bits per heavy atom. The normalized spacial score (nSPS) is 12.3.